The van der Waals surface area contributed by atoms with E-state index in [2.05, 4.69) is 9.72 Å². The molecule has 18 heavy (non-hydrogen) atoms. The van der Waals surface area contributed by atoms with Crippen molar-refractivity contribution in [3.05, 3.63) is 17.3 Å². The Balaban J connectivity index is 3.20. The van der Waals surface area contributed by atoms with Gasteiger partial charge in [0.15, 0.2) is 0 Å². The van der Waals surface area contributed by atoms with E-state index in [1.54, 1.807) is 0 Å². The van der Waals surface area contributed by atoms with Gasteiger partial charge >= 0.3 is 12.3 Å². The molecule has 0 saturated carbocycles. The quantitative estimate of drug-likeness (QED) is 0.900. The Bertz CT molecular complexity index is 459. The van der Waals surface area contributed by atoms with E-state index in [0.717, 1.165) is 6.07 Å². The van der Waals surface area contributed by atoms with E-state index >= 15 is 0 Å². The third kappa shape index (κ3) is 3.79. The van der Waals surface area contributed by atoms with Gasteiger partial charge < -0.3 is 14.6 Å². The molecule has 0 aliphatic carbocycles. The summed E-state index contributed by atoms with van der Waals surface area (Å²) in [6.07, 6.45) is -5.38. The van der Waals surface area contributed by atoms with Crippen molar-refractivity contribution in [1.29, 1.82) is 0 Å². The molecule has 100 valence electrons. The first kappa shape index (κ1) is 14.1. The number of halogens is 3. The zero-order chi connectivity index (χ0) is 13.9. The number of pyridine rings is 1. The largest absolute Gasteiger partial charge is 0.573 e. The number of hydrogen-bond donors (Lipinski definition) is 1. The molecule has 1 rings (SSSR count). The van der Waals surface area contributed by atoms with Crippen LogP contribution in [0.5, 0.6) is 11.6 Å². The summed E-state index contributed by atoms with van der Waals surface area (Å²) in [5, 5.41) is 8.63. The van der Waals surface area contributed by atoms with Crippen molar-refractivity contribution in [2.45, 2.75) is 19.7 Å². The Labute approximate surface area is 100 Å². The lowest BCUT2D eigenvalue weighted by atomic mass is 10.1. The highest BCUT2D eigenvalue weighted by atomic mass is 19.4. The lowest BCUT2D eigenvalue weighted by Gasteiger charge is -2.14. The maximum atomic E-state index is 12.2. The molecule has 1 aromatic rings. The van der Waals surface area contributed by atoms with E-state index in [0.29, 0.717) is 0 Å². The van der Waals surface area contributed by atoms with Gasteiger partial charge in [-0.25, -0.2) is 4.98 Å². The molecule has 0 spiro atoms. The first-order valence-corrected chi connectivity index (χ1v) is 4.75. The fourth-order valence-electron chi connectivity index (χ4n) is 1.26. The van der Waals surface area contributed by atoms with Gasteiger partial charge in [-0.05, 0) is 6.92 Å². The smallest absolute Gasteiger partial charge is 0.481 e. The van der Waals surface area contributed by atoms with E-state index in [9.17, 15) is 18.0 Å². The topological polar surface area (TPSA) is 68.7 Å². The molecule has 0 aromatic carbocycles. The zero-order valence-corrected chi connectivity index (χ0v) is 9.54. The number of hydrogen-bond acceptors (Lipinski definition) is 4. The molecule has 8 heteroatoms. The summed E-state index contributed by atoms with van der Waals surface area (Å²) >= 11 is 0. The molecule has 0 aliphatic rings. The first-order chi connectivity index (χ1) is 8.23. The summed E-state index contributed by atoms with van der Waals surface area (Å²) in [5.41, 5.74) is -0.0309. The highest BCUT2D eigenvalue weighted by Crippen LogP contribution is 2.30. The minimum absolute atomic E-state index is 0.00975. The average molecular weight is 265 g/mol. The third-order valence-electron chi connectivity index (χ3n) is 2.06. The lowest BCUT2D eigenvalue weighted by Crippen LogP contribution is -2.19. The molecule has 5 nitrogen and oxygen atoms in total. The Hall–Kier alpha value is -1.99. The van der Waals surface area contributed by atoms with Crippen LogP contribution in [0.4, 0.5) is 13.2 Å². The van der Waals surface area contributed by atoms with Gasteiger partial charge in [0.2, 0.25) is 5.88 Å². The molecule has 0 saturated heterocycles. The summed E-state index contributed by atoms with van der Waals surface area (Å²) in [4.78, 5) is 14.3. The molecule has 0 atom stereocenters. The van der Waals surface area contributed by atoms with Crippen LogP contribution in [-0.4, -0.2) is 29.5 Å². The lowest BCUT2D eigenvalue weighted by molar-refractivity contribution is -0.274. The summed E-state index contributed by atoms with van der Waals surface area (Å²) in [6.45, 7) is 1.30. The van der Waals surface area contributed by atoms with Crippen LogP contribution < -0.4 is 9.47 Å². The number of aromatic nitrogens is 1. The van der Waals surface area contributed by atoms with Crippen LogP contribution >= 0.6 is 0 Å². The molecular formula is C10H10F3NO4. The molecule has 1 aromatic heterocycles. The van der Waals surface area contributed by atoms with E-state index < -0.39 is 24.5 Å². The summed E-state index contributed by atoms with van der Waals surface area (Å²) in [7, 11) is 1.21. The summed E-state index contributed by atoms with van der Waals surface area (Å²) < 4.78 is 44.9. The van der Waals surface area contributed by atoms with E-state index in [1.807, 2.05) is 0 Å². The highest BCUT2D eigenvalue weighted by Gasteiger charge is 2.32. The number of aliphatic carboxylic acids is 1. The standard InChI is InChI=1S/C10H10F3NO4/c1-5-6(3-9(15)16)14-8(17-2)4-7(5)18-10(11,12)13/h4H,3H2,1-2H3,(H,15,16). The molecule has 0 amide bonds. The predicted octanol–water partition coefficient (Wildman–Crippen LogP) is 1.92. The fraction of sp³-hybridized carbons (Fsp3) is 0.400. The molecular weight excluding hydrogens is 255 g/mol. The zero-order valence-electron chi connectivity index (χ0n) is 9.54. The maximum absolute atomic E-state index is 12.2. The third-order valence-corrected chi connectivity index (χ3v) is 2.06. The summed E-state index contributed by atoms with van der Waals surface area (Å²) in [5.74, 6) is -1.88. The highest BCUT2D eigenvalue weighted by molar-refractivity contribution is 5.70. The van der Waals surface area contributed by atoms with Crippen LogP contribution in [0.3, 0.4) is 0 Å². The number of rotatable bonds is 4. The predicted molar refractivity (Wildman–Crippen MR) is 53.5 cm³/mol. The van der Waals surface area contributed by atoms with Gasteiger partial charge in [0.25, 0.3) is 0 Å². The Morgan fingerprint density at radius 2 is 2.11 bits per heavy atom. The minimum Gasteiger partial charge on any atom is -0.481 e. The maximum Gasteiger partial charge on any atom is 0.573 e. The molecule has 0 bridgehead atoms. The van der Waals surface area contributed by atoms with E-state index in [-0.39, 0.29) is 17.1 Å². The molecule has 0 unspecified atom stereocenters. The SMILES string of the molecule is COc1cc(OC(F)(F)F)c(C)c(CC(=O)O)n1. The second kappa shape index (κ2) is 5.11. The van der Waals surface area contributed by atoms with E-state index in [1.165, 1.54) is 14.0 Å². The molecule has 1 N–H and O–H groups in total. The monoisotopic (exact) mass is 265 g/mol. The van der Waals surface area contributed by atoms with Crippen molar-refractivity contribution >= 4 is 5.97 Å². The molecule has 0 radical (unpaired) electrons. The number of nitrogens with zero attached hydrogens (tertiary/aromatic N) is 1. The average Bonchev–Trinajstić information content (AvgIpc) is 2.21. The van der Waals surface area contributed by atoms with Crippen molar-refractivity contribution in [1.82, 2.24) is 4.98 Å². The van der Waals surface area contributed by atoms with Crippen molar-refractivity contribution in [2.24, 2.45) is 0 Å². The number of carbonyl (C=O) groups is 1. The van der Waals surface area contributed by atoms with Gasteiger partial charge in [-0.1, -0.05) is 0 Å². The second-order valence-electron chi connectivity index (χ2n) is 3.35. The first-order valence-electron chi connectivity index (χ1n) is 4.75. The number of carboxylic acid groups (broad SMARTS) is 1. The number of alkyl halides is 3. The van der Waals surface area contributed by atoms with Crippen molar-refractivity contribution in [3.63, 3.8) is 0 Å². The van der Waals surface area contributed by atoms with Crippen molar-refractivity contribution < 1.29 is 32.5 Å². The van der Waals surface area contributed by atoms with Crippen LogP contribution in [0.1, 0.15) is 11.3 Å². The Morgan fingerprint density at radius 3 is 2.56 bits per heavy atom. The normalized spacial score (nSPS) is 11.2. The van der Waals surface area contributed by atoms with Gasteiger partial charge in [0.1, 0.15) is 5.75 Å². The van der Waals surface area contributed by atoms with Gasteiger partial charge in [-0.3, -0.25) is 4.79 Å². The van der Waals surface area contributed by atoms with Crippen LogP contribution in [0, 0.1) is 6.92 Å². The van der Waals surface area contributed by atoms with Crippen LogP contribution in [-0.2, 0) is 11.2 Å². The number of methoxy groups -OCH3 is 1. The van der Waals surface area contributed by atoms with Crippen LogP contribution in [0.2, 0.25) is 0 Å². The fourth-order valence-corrected chi connectivity index (χ4v) is 1.26. The number of ether oxygens (including phenoxy) is 2. The number of carboxylic acids is 1. The second-order valence-corrected chi connectivity index (χ2v) is 3.35. The van der Waals surface area contributed by atoms with Crippen LogP contribution in [0.15, 0.2) is 6.07 Å². The van der Waals surface area contributed by atoms with Gasteiger partial charge in [0.05, 0.1) is 19.2 Å². The molecule has 1 heterocycles. The Morgan fingerprint density at radius 1 is 1.50 bits per heavy atom. The van der Waals surface area contributed by atoms with Gasteiger partial charge in [-0.15, -0.1) is 13.2 Å². The van der Waals surface area contributed by atoms with Gasteiger partial charge in [-0.2, -0.15) is 0 Å². The van der Waals surface area contributed by atoms with Gasteiger partial charge in [0, 0.05) is 11.6 Å². The molecule has 0 aliphatic heterocycles. The van der Waals surface area contributed by atoms with Crippen LogP contribution in [0.25, 0.3) is 0 Å². The Kier molecular flexibility index (Phi) is 4.00. The minimum atomic E-state index is -4.86. The van der Waals surface area contributed by atoms with Crippen molar-refractivity contribution in [3.8, 4) is 11.6 Å². The van der Waals surface area contributed by atoms with E-state index in [4.69, 9.17) is 9.84 Å². The summed E-state index contributed by atoms with van der Waals surface area (Å²) in [6, 6.07) is 0.953. The van der Waals surface area contributed by atoms with Crippen molar-refractivity contribution in [2.75, 3.05) is 7.11 Å². The molecule has 0 fully saturated rings.